The molecule has 2 unspecified atom stereocenters. The van der Waals surface area contributed by atoms with Gasteiger partial charge in [-0.05, 0) is 6.42 Å². The van der Waals surface area contributed by atoms with Gasteiger partial charge in [0.2, 0.25) is 0 Å². The maximum absolute atomic E-state index is 13.6. The minimum absolute atomic E-state index is 0.253. The van der Waals surface area contributed by atoms with E-state index in [2.05, 4.69) is 0 Å². The molecule has 0 radical (unpaired) electrons. The van der Waals surface area contributed by atoms with E-state index in [-0.39, 0.29) is 6.61 Å². The van der Waals surface area contributed by atoms with Crippen LogP contribution < -0.4 is 0 Å². The van der Waals surface area contributed by atoms with Crippen LogP contribution >= 0.6 is 0 Å². The Morgan fingerprint density at radius 2 is 2.20 bits per heavy atom. The molecule has 0 amide bonds. The zero-order valence-corrected chi connectivity index (χ0v) is 9.19. The number of methoxy groups -OCH3 is 1. The summed E-state index contributed by atoms with van der Waals surface area (Å²) in [5.41, 5.74) is 0. The average molecular weight is 222 g/mol. The first kappa shape index (κ1) is 12.8. The molecule has 1 fully saturated rings. The van der Waals surface area contributed by atoms with Crippen LogP contribution in [-0.4, -0.2) is 50.1 Å². The van der Waals surface area contributed by atoms with Crippen LogP contribution in [0.4, 0.5) is 4.39 Å². The molecule has 90 valence electrons. The normalized spacial score (nSPS) is 36.0. The fraction of sp³-hybridized carbons (Fsp3) is 1.00. The van der Waals surface area contributed by atoms with Gasteiger partial charge in [0, 0.05) is 13.7 Å². The van der Waals surface area contributed by atoms with Crippen LogP contribution in [0.15, 0.2) is 0 Å². The second-order valence-corrected chi connectivity index (χ2v) is 3.59. The third-order valence-corrected chi connectivity index (χ3v) is 2.47. The predicted octanol–water partition coefficient (Wildman–Crippen LogP) is 0.873. The lowest BCUT2D eigenvalue weighted by Crippen LogP contribution is -2.34. The zero-order chi connectivity index (χ0) is 11.3. The van der Waals surface area contributed by atoms with Crippen molar-refractivity contribution in [3.63, 3.8) is 0 Å². The Hall–Kier alpha value is -0.230. The Morgan fingerprint density at radius 3 is 2.73 bits per heavy atom. The summed E-state index contributed by atoms with van der Waals surface area (Å²) in [5, 5.41) is 9.00. The molecule has 0 spiro atoms. The second-order valence-electron chi connectivity index (χ2n) is 3.59. The van der Waals surface area contributed by atoms with E-state index in [1.54, 1.807) is 0 Å². The van der Waals surface area contributed by atoms with Gasteiger partial charge in [-0.25, -0.2) is 4.39 Å². The third kappa shape index (κ3) is 3.11. The molecule has 0 aromatic rings. The molecule has 4 nitrogen and oxygen atoms in total. The smallest absolute Gasteiger partial charge is 0.191 e. The lowest BCUT2D eigenvalue weighted by molar-refractivity contribution is -0.141. The predicted molar refractivity (Wildman–Crippen MR) is 52.3 cm³/mol. The van der Waals surface area contributed by atoms with Crippen molar-refractivity contribution in [2.75, 3.05) is 20.3 Å². The van der Waals surface area contributed by atoms with Crippen LogP contribution in [0.2, 0.25) is 0 Å². The van der Waals surface area contributed by atoms with Gasteiger partial charge in [0.25, 0.3) is 0 Å². The van der Waals surface area contributed by atoms with Gasteiger partial charge < -0.3 is 19.3 Å². The van der Waals surface area contributed by atoms with Crippen molar-refractivity contribution in [1.82, 2.24) is 0 Å². The summed E-state index contributed by atoms with van der Waals surface area (Å²) in [6.07, 6.45) is -1.73. The van der Waals surface area contributed by atoms with Crippen molar-refractivity contribution < 1.29 is 23.7 Å². The molecule has 1 rings (SSSR count). The van der Waals surface area contributed by atoms with E-state index >= 15 is 0 Å². The van der Waals surface area contributed by atoms with Crippen molar-refractivity contribution in [1.29, 1.82) is 0 Å². The van der Waals surface area contributed by atoms with Crippen LogP contribution in [0.5, 0.6) is 0 Å². The Morgan fingerprint density at radius 1 is 1.47 bits per heavy atom. The van der Waals surface area contributed by atoms with Crippen LogP contribution in [0.3, 0.4) is 0 Å². The van der Waals surface area contributed by atoms with Crippen molar-refractivity contribution in [3.8, 4) is 0 Å². The molecule has 5 heteroatoms. The molecular weight excluding hydrogens is 203 g/mol. The molecule has 1 aliphatic heterocycles. The Labute approximate surface area is 89.3 Å². The molecule has 1 heterocycles. The molecule has 0 saturated carbocycles. The SMILES string of the molecule is CCCCO[C@H]1C(F)C(OC)O[C@@H]1CO. The van der Waals surface area contributed by atoms with Crippen molar-refractivity contribution in [3.05, 3.63) is 0 Å². The topological polar surface area (TPSA) is 47.9 Å². The standard InChI is InChI=1S/C10H19FO4/c1-3-4-5-14-9-7(6-12)15-10(13-2)8(9)11/h7-10,12H,3-6H2,1-2H3/t7-,8?,9-,10?/m1/s1. The van der Waals surface area contributed by atoms with Crippen molar-refractivity contribution in [2.24, 2.45) is 0 Å². The highest BCUT2D eigenvalue weighted by atomic mass is 19.1. The first-order valence-electron chi connectivity index (χ1n) is 5.29. The van der Waals surface area contributed by atoms with Crippen LogP contribution in [0, 0.1) is 0 Å². The number of aliphatic hydroxyl groups is 1. The molecule has 0 aromatic heterocycles. The lowest BCUT2D eigenvalue weighted by atomic mass is 10.1. The highest BCUT2D eigenvalue weighted by Gasteiger charge is 2.45. The van der Waals surface area contributed by atoms with Crippen LogP contribution in [-0.2, 0) is 14.2 Å². The maximum Gasteiger partial charge on any atom is 0.191 e. The zero-order valence-electron chi connectivity index (χ0n) is 9.19. The number of alkyl halides is 1. The molecule has 1 aliphatic rings. The molecule has 1 N–H and O–H groups in total. The van der Waals surface area contributed by atoms with Gasteiger partial charge in [-0.15, -0.1) is 0 Å². The summed E-state index contributed by atoms with van der Waals surface area (Å²) in [4.78, 5) is 0. The fourth-order valence-corrected chi connectivity index (χ4v) is 1.58. The van der Waals surface area contributed by atoms with Gasteiger partial charge >= 0.3 is 0 Å². The number of unbranched alkanes of at least 4 members (excludes halogenated alkanes) is 1. The van der Waals surface area contributed by atoms with E-state index in [1.807, 2.05) is 6.92 Å². The molecule has 15 heavy (non-hydrogen) atoms. The summed E-state index contributed by atoms with van der Waals surface area (Å²) < 4.78 is 28.9. The molecule has 0 aliphatic carbocycles. The first-order valence-corrected chi connectivity index (χ1v) is 5.29. The van der Waals surface area contributed by atoms with Gasteiger partial charge in [0.1, 0.15) is 12.2 Å². The van der Waals surface area contributed by atoms with E-state index in [0.29, 0.717) is 6.61 Å². The number of rotatable bonds is 6. The summed E-state index contributed by atoms with van der Waals surface area (Å²) in [6.45, 7) is 2.26. The molecule has 0 bridgehead atoms. The number of ether oxygens (including phenoxy) is 3. The van der Waals surface area contributed by atoms with Gasteiger partial charge in [-0.1, -0.05) is 13.3 Å². The van der Waals surface area contributed by atoms with Gasteiger partial charge in [0.05, 0.1) is 6.61 Å². The summed E-state index contributed by atoms with van der Waals surface area (Å²) >= 11 is 0. The van der Waals surface area contributed by atoms with Crippen molar-refractivity contribution >= 4 is 0 Å². The number of halogens is 1. The van der Waals surface area contributed by atoms with Gasteiger partial charge in [-0.2, -0.15) is 0 Å². The van der Waals surface area contributed by atoms with E-state index < -0.39 is 24.7 Å². The van der Waals surface area contributed by atoms with E-state index in [4.69, 9.17) is 19.3 Å². The minimum atomic E-state index is -1.33. The van der Waals surface area contributed by atoms with E-state index in [1.165, 1.54) is 7.11 Å². The first-order chi connectivity index (χ1) is 7.24. The highest BCUT2D eigenvalue weighted by molar-refractivity contribution is 4.88. The number of aliphatic hydroxyl groups excluding tert-OH is 1. The monoisotopic (exact) mass is 222 g/mol. The minimum Gasteiger partial charge on any atom is -0.394 e. The lowest BCUT2D eigenvalue weighted by Gasteiger charge is -2.17. The van der Waals surface area contributed by atoms with Crippen LogP contribution in [0.1, 0.15) is 19.8 Å². The summed E-state index contributed by atoms with van der Waals surface area (Å²) in [5.74, 6) is 0. The highest BCUT2D eigenvalue weighted by Crippen LogP contribution is 2.27. The average Bonchev–Trinajstić information content (AvgIpc) is 2.56. The Balaban J connectivity index is 2.44. The second kappa shape index (κ2) is 6.37. The third-order valence-electron chi connectivity index (χ3n) is 2.47. The van der Waals surface area contributed by atoms with Crippen molar-refractivity contribution in [2.45, 2.75) is 44.4 Å². The van der Waals surface area contributed by atoms with E-state index in [0.717, 1.165) is 12.8 Å². The Bertz CT molecular complexity index is 177. The largest absolute Gasteiger partial charge is 0.394 e. The summed E-state index contributed by atoms with van der Waals surface area (Å²) in [7, 11) is 1.38. The molecule has 1 saturated heterocycles. The molecule has 0 aromatic carbocycles. The number of hydrogen-bond acceptors (Lipinski definition) is 4. The molecular formula is C10H19FO4. The maximum atomic E-state index is 13.6. The van der Waals surface area contributed by atoms with Gasteiger partial charge in [-0.3, -0.25) is 0 Å². The number of hydrogen-bond donors (Lipinski definition) is 1. The molecule has 4 atom stereocenters. The summed E-state index contributed by atoms with van der Waals surface area (Å²) in [6, 6.07) is 0. The fourth-order valence-electron chi connectivity index (χ4n) is 1.58. The quantitative estimate of drug-likeness (QED) is 0.677. The Kier molecular flexibility index (Phi) is 5.45. The van der Waals surface area contributed by atoms with Gasteiger partial charge in [0.15, 0.2) is 12.5 Å². The van der Waals surface area contributed by atoms with E-state index in [9.17, 15) is 4.39 Å². The van der Waals surface area contributed by atoms with Crippen LogP contribution in [0.25, 0.3) is 0 Å².